The smallest absolute Gasteiger partial charge is 0.254 e. The van der Waals surface area contributed by atoms with Crippen molar-refractivity contribution in [2.24, 2.45) is 5.73 Å². The first-order valence-corrected chi connectivity index (χ1v) is 6.43. The van der Waals surface area contributed by atoms with E-state index in [-0.39, 0.29) is 6.04 Å². The maximum Gasteiger partial charge on any atom is 0.254 e. The second-order valence-corrected chi connectivity index (χ2v) is 4.95. The van der Waals surface area contributed by atoms with E-state index in [4.69, 9.17) is 5.73 Å². The summed E-state index contributed by atoms with van der Waals surface area (Å²) in [5.41, 5.74) is 7.09. The van der Waals surface area contributed by atoms with Gasteiger partial charge in [-0.2, -0.15) is 14.6 Å². The molecule has 0 amide bonds. The number of nitrogens with two attached hydrogens (primary N) is 1. The molecular weight excluding hydrogens is 228 g/mol. The van der Waals surface area contributed by atoms with Gasteiger partial charge in [-0.25, -0.2) is 4.98 Å². The summed E-state index contributed by atoms with van der Waals surface area (Å²) in [4.78, 5) is 8.45. The third-order valence-corrected chi connectivity index (χ3v) is 3.53. The molecule has 0 aliphatic heterocycles. The fourth-order valence-electron chi connectivity index (χ4n) is 2.56. The van der Waals surface area contributed by atoms with Crippen molar-refractivity contribution >= 4 is 11.6 Å². The fraction of sp³-hybridized carbons (Fsp3) is 0.583. The lowest BCUT2D eigenvalue weighted by Crippen LogP contribution is -2.43. The van der Waals surface area contributed by atoms with Crippen molar-refractivity contribution in [2.75, 3.05) is 5.32 Å². The molecule has 18 heavy (non-hydrogen) atoms. The fourth-order valence-corrected chi connectivity index (χ4v) is 2.56. The van der Waals surface area contributed by atoms with Gasteiger partial charge in [-0.05, 0) is 19.8 Å². The predicted molar refractivity (Wildman–Crippen MR) is 69.4 cm³/mol. The molecule has 6 nitrogen and oxygen atoms in total. The monoisotopic (exact) mass is 246 g/mol. The molecule has 1 aliphatic carbocycles. The summed E-state index contributed by atoms with van der Waals surface area (Å²) in [7, 11) is 0. The van der Waals surface area contributed by atoms with E-state index in [1.165, 1.54) is 19.2 Å². The van der Waals surface area contributed by atoms with Crippen LogP contribution >= 0.6 is 0 Å². The summed E-state index contributed by atoms with van der Waals surface area (Å²) in [5.74, 6) is 1.55. The maximum atomic E-state index is 6.16. The van der Waals surface area contributed by atoms with Crippen LogP contribution < -0.4 is 11.1 Å². The largest absolute Gasteiger partial charge is 0.366 e. The number of nitrogens with one attached hydrogen (secondary N) is 1. The molecule has 0 bridgehead atoms. The van der Waals surface area contributed by atoms with Crippen molar-refractivity contribution < 1.29 is 0 Å². The minimum absolute atomic E-state index is 0.214. The van der Waals surface area contributed by atoms with Gasteiger partial charge in [0.25, 0.3) is 5.78 Å². The summed E-state index contributed by atoms with van der Waals surface area (Å²) >= 11 is 0. The zero-order valence-corrected chi connectivity index (χ0v) is 10.5. The molecule has 0 saturated heterocycles. The van der Waals surface area contributed by atoms with Crippen LogP contribution in [0.2, 0.25) is 0 Å². The first kappa shape index (κ1) is 11.4. The molecule has 0 aromatic carbocycles. The van der Waals surface area contributed by atoms with Gasteiger partial charge in [-0.3, -0.25) is 0 Å². The van der Waals surface area contributed by atoms with Crippen molar-refractivity contribution in [3.05, 3.63) is 18.1 Å². The quantitative estimate of drug-likeness (QED) is 0.829. The van der Waals surface area contributed by atoms with Crippen molar-refractivity contribution in [3.8, 4) is 0 Å². The average Bonchev–Trinajstić information content (AvgIpc) is 2.80. The Morgan fingerprint density at radius 3 is 3.06 bits per heavy atom. The van der Waals surface area contributed by atoms with Crippen LogP contribution in [0, 0.1) is 6.92 Å². The highest BCUT2D eigenvalue weighted by molar-refractivity contribution is 5.45. The molecule has 2 unspecified atom stereocenters. The van der Waals surface area contributed by atoms with Crippen LogP contribution in [0.3, 0.4) is 0 Å². The summed E-state index contributed by atoms with van der Waals surface area (Å²) in [5, 5.41) is 7.69. The SMILES string of the molecule is Cc1cc(NC2CCCCC2N)n2ncnc2n1. The summed E-state index contributed by atoms with van der Waals surface area (Å²) < 4.78 is 1.73. The van der Waals surface area contributed by atoms with E-state index in [0.29, 0.717) is 11.8 Å². The highest BCUT2D eigenvalue weighted by Crippen LogP contribution is 2.21. The summed E-state index contributed by atoms with van der Waals surface area (Å²) in [6.45, 7) is 1.96. The van der Waals surface area contributed by atoms with Gasteiger partial charge in [0.15, 0.2) is 0 Å². The Kier molecular flexibility index (Phi) is 2.87. The average molecular weight is 246 g/mol. The molecule has 0 radical (unpaired) electrons. The van der Waals surface area contributed by atoms with Gasteiger partial charge in [0.2, 0.25) is 0 Å². The normalized spacial score (nSPS) is 24.3. The van der Waals surface area contributed by atoms with Gasteiger partial charge < -0.3 is 11.1 Å². The van der Waals surface area contributed by atoms with E-state index in [9.17, 15) is 0 Å². The number of fused-ring (bicyclic) bond motifs is 1. The molecule has 3 rings (SSSR count). The predicted octanol–water partition coefficient (Wildman–Crippen LogP) is 1.11. The number of rotatable bonds is 2. The van der Waals surface area contributed by atoms with Crippen LogP contribution in [0.15, 0.2) is 12.4 Å². The van der Waals surface area contributed by atoms with E-state index in [1.807, 2.05) is 13.0 Å². The zero-order chi connectivity index (χ0) is 12.5. The van der Waals surface area contributed by atoms with Gasteiger partial charge in [0.1, 0.15) is 12.1 Å². The zero-order valence-electron chi connectivity index (χ0n) is 10.5. The van der Waals surface area contributed by atoms with E-state index < -0.39 is 0 Å². The first-order valence-electron chi connectivity index (χ1n) is 6.43. The van der Waals surface area contributed by atoms with Crippen LogP contribution in [0.5, 0.6) is 0 Å². The highest BCUT2D eigenvalue weighted by Gasteiger charge is 2.22. The molecule has 2 heterocycles. The Morgan fingerprint density at radius 2 is 2.22 bits per heavy atom. The Labute approximate surface area is 106 Å². The Hall–Kier alpha value is -1.69. The number of hydrogen-bond donors (Lipinski definition) is 2. The molecule has 1 aliphatic rings. The van der Waals surface area contributed by atoms with Gasteiger partial charge in [-0.1, -0.05) is 12.8 Å². The molecule has 6 heteroatoms. The van der Waals surface area contributed by atoms with Crippen LogP contribution in [-0.4, -0.2) is 31.7 Å². The summed E-state index contributed by atoms with van der Waals surface area (Å²) in [6, 6.07) is 2.52. The second kappa shape index (κ2) is 4.53. The maximum absolute atomic E-state index is 6.16. The van der Waals surface area contributed by atoms with Crippen molar-refractivity contribution in [2.45, 2.75) is 44.7 Å². The molecule has 1 saturated carbocycles. The number of aryl methyl sites for hydroxylation is 1. The van der Waals surface area contributed by atoms with E-state index in [2.05, 4.69) is 20.4 Å². The molecule has 3 N–H and O–H groups in total. The second-order valence-electron chi connectivity index (χ2n) is 4.95. The topological polar surface area (TPSA) is 81.1 Å². The van der Waals surface area contributed by atoms with Crippen LogP contribution in [0.25, 0.3) is 5.78 Å². The molecule has 2 aromatic heterocycles. The number of nitrogens with zero attached hydrogens (tertiary/aromatic N) is 4. The van der Waals surface area contributed by atoms with Crippen LogP contribution in [0.4, 0.5) is 5.82 Å². The highest BCUT2D eigenvalue weighted by atomic mass is 15.4. The van der Waals surface area contributed by atoms with Crippen LogP contribution in [-0.2, 0) is 0 Å². The molecule has 0 spiro atoms. The Bertz CT molecular complexity index is 548. The first-order chi connectivity index (χ1) is 8.74. The lowest BCUT2D eigenvalue weighted by atomic mass is 9.91. The minimum Gasteiger partial charge on any atom is -0.366 e. The number of anilines is 1. The van der Waals surface area contributed by atoms with E-state index >= 15 is 0 Å². The minimum atomic E-state index is 0.214. The lowest BCUT2D eigenvalue weighted by molar-refractivity contribution is 0.402. The van der Waals surface area contributed by atoms with Gasteiger partial charge in [-0.15, -0.1) is 0 Å². The Balaban J connectivity index is 1.91. The van der Waals surface area contributed by atoms with Crippen molar-refractivity contribution in [1.82, 2.24) is 19.6 Å². The molecule has 96 valence electrons. The Morgan fingerprint density at radius 1 is 1.39 bits per heavy atom. The summed E-state index contributed by atoms with van der Waals surface area (Å²) in [6.07, 6.45) is 6.18. The third kappa shape index (κ3) is 2.03. The standard InChI is InChI=1S/C12H18N6/c1-8-6-11(18-12(16-8)14-7-15-18)17-10-5-3-2-4-9(10)13/h6-7,9-10,17H,2-5,13H2,1H3. The van der Waals surface area contributed by atoms with Crippen LogP contribution in [0.1, 0.15) is 31.4 Å². The van der Waals surface area contributed by atoms with E-state index in [1.54, 1.807) is 4.52 Å². The van der Waals surface area contributed by atoms with Crippen molar-refractivity contribution in [3.63, 3.8) is 0 Å². The molecular formula is C12H18N6. The lowest BCUT2D eigenvalue weighted by Gasteiger charge is -2.30. The third-order valence-electron chi connectivity index (χ3n) is 3.53. The molecule has 2 atom stereocenters. The van der Waals surface area contributed by atoms with Crippen molar-refractivity contribution in [1.29, 1.82) is 0 Å². The molecule has 1 fully saturated rings. The molecule has 2 aromatic rings. The van der Waals surface area contributed by atoms with Gasteiger partial charge in [0, 0.05) is 23.8 Å². The van der Waals surface area contributed by atoms with Gasteiger partial charge >= 0.3 is 0 Å². The van der Waals surface area contributed by atoms with E-state index in [0.717, 1.165) is 24.4 Å². The number of hydrogen-bond acceptors (Lipinski definition) is 5. The van der Waals surface area contributed by atoms with Gasteiger partial charge in [0.05, 0.1) is 0 Å². The number of aromatic nitrogens is 4.